The van der Waals surface area contributed by atoms with E-state index < -0.39 is 11.6 Å². The Labute approximate surface area is 88.7 Å². The molecule has 0 unspecified atom stereocenters. The molecule has 1 aliphatic rings. The summed E-state index contributed by atoms with van der Waals surface area (Å²) in [5.41, 5.74) is 0.783. The fraction of sp³-hybridized carbons (Fsp3) is 0.500. The van der Waals surface area contributed by atoms with Crippen LogP contribution in [0.5, 0.6) is 0 Å². The van der Waals surface area contributed by atoms with Crippen molar-refractivity contribution in [1.29, 1.82) is 0 Å². The average Bonchev–Trinajstić information content (AvgIpc) is 2.17. The van der Waals surface area contributed by atoms with Crippen LogP contribution in [0, 0.1) is 18.6 Å². The second-order valence-corrected chi connectivity index (χ2v) is 4.12. The number of aryl methyl sites for hydroxylation is 1. The van der Waals surface area contributed by atoms with Crippen molar-refractivity contribution in [3.8, 4) is 0 Å². The van der Waals surface area contributed by atoms with Gasteiger partial charge in [0.2, 0.25) is 0 Å². The molecule has 1 aromatic carbocycles. The van der Waals surface area contributed by atoms with E-state index in [-0.39, 0.29) is 5.69 Å². The van der Waals surface area contributed by atoms with E-state index in [9.17, 15) is 8.78 Å². The van der Waals surface area contributed by atoms with Crippen LogP contribution in [0.3, 0.4) is 0 Å². The van der Waals surface area contributed by atoms with Gasteiger partial charge in [-0.2, -0.15) is 0 Å². The van der Waals surface area contributed by atoms with E-state index in [1.807, 2.05) is 4.90 Å². The van der Waals surface area contributed by atoms with E-state index in [1.54, 1.807) is 6.92 Å². The summed E-state index contributed by atoms with van der Waals surface area (Å²) >= 11 is 0. The third-order valence-corrected chi connectivity index (χ3v) is 2.83. The van der Waals surface area contributed by atoms with Crippen LogP contribution < -0.4 is 4.90 Å². The van der Waals surface area contributed by atoms with Gasteiger partial charge < -0.3 is 4.90 Å². The van der Waals surface area contributed by atoms with Crippen LogP contribution in [0.4, 0.5) is 14.5 Å². The van der Waals surface area contributed by atoms with Crippen molar-refractivity contribution in [3.05, 3.63) is 29.3 Å². The van der Waals surface area contributed by atoms with Crippen molar-refractivity contribution in [1.82, 2.24) is 0 Å². The molecule has 1 heterocycles. The van der Waals surface area contributed by atoms with E-state index in [0.717, 1.165) is 32.4 Å². The smallest absolute Gasteiger partial charge is 0.149 e. The quantitative estimate of drug-likeness (QED) is 0.689. The van der Waals surface area contributed by atoms with E-state index in [4.69, 9.17) is 0 Å². The van der Waals surface area contributed by atoms with Gasteiger partial charge in [-0.05, 0) is 43.9 Å². The number of rotatable bonds is 1. The molecule has 0 saturated carbocycles. The molecule has 0 atom stereocenters. The van der Waals surface area contributed by atoms with Gasteiger partial charge >= 0.3 is 0 Å². The SMILES string of the molecule is Cc1cc(F)c(N2CCCCC2)c(F)c1. The Bertz CT molecular complexity index is 334. The van der Waals surface area contributed by atoms with Crippen molar-refractivity contribution >= 4 is 5.69 Å². The third-order valence-electron chi connectivity index (χ3n) is 2.83. The Morgan fingerprint density at radius 3 is 2.07 bits per heavy atom. The topological polar surface area (TPSA) is 3.24 Å². The number of piperidine rings is 1. The molecule has 0 spiro atoms. The number of nitrogens with zero attached hydrogens (tertiary/aromatic N) is 1. The molecule has 2 rings (SSSR count). The van der Waals surface area contributed by atoms with Crippen molar-refractivity contribution in [3.63, 3.8) is 0 Å². The van der Waals surface area contributed by atoms with E-state index in [1.165, 1.54) is 12.1 Å². The normalized spacial score (nSPS) is 16.9. The van der Waals surface area contributed by atoms with Gasteiger partial charge in [-0.25, -0.2) is 8.78 Å². The summed E-state index contributed by atoms with van der Waals surface area (Å²) in [6.45, 7) is 3.22. The molecule has 0 amide bonds. The minimum atomic E-state index is -0.436. The third kappa shape index (κ3) is 2.11. The Morgan fingerprint density at radius 2 is 1.53 bits per heavy atom. The highest BCUT2D eigenvalue weighted by Crippen LogP contribution is 2.27. The van der Waals surface area contributed by atoms with Crippen LogP contribution in [0.2, 0.25) is 0 Å². The maximum Gasteiger partial charge on any atom is 0.149 e. The summed E-state index contributed by atoms with van der Waals surface area (Å²) in [6, 6.07) is 2.79. The Balaban J connectivity index is 2.33. The number of anilines is 1. The Hall–Kier alpha value is -1.12. The lowest BCUT2D eigenvalue weighted by Gasteiger charge is -2.29. The van der Waals surface area contributed by atoms with E-state index in [2.05, 4.69) is 0 Å². The van der Waals surface area contributed by atoms with Crippen molar-refractivity contribution in [2.45, 2.75) is 26.2 Å². The fourth-order valence-electron chi connectivity index (χ4n) is 2.11. The molecule has 0 bridgehead atoms. The fourth-order valence-corrected chi connectivity index (χ4v) is 2.11. The highest BCUT2D eigenvalue weighted by Gasteiger charge is 2.19. The molecule has 0 N–H and O–H groups in total. The summed E-state index contributed by atoms with van der Waals surface area (Å²) in [4.78, 5) is 1.81. The number of benzene rings is 1. The van der Waals surface area contributed by atoms with Crippen LogP contribution in [-0.4, -0.2) is 13.1 Å². The molecule has 3 heteroatoms. The van der Waals surface area contributed by atoms with Crippen LogP contribution >= 0.6 is 0 Å². The molecule has 1 nitrogen and oxygen atoms in total. The van der Waals surface area contributed by atoms with E-state index in [0.29, 0.717) is 5.56 Å². The largest absolute Gasteiger partial charge is 0.367 e. The molecule has 0 radical (unpaired) electrons. The van der Waals surface area contributed by atoms with Gasteiger partial charge in [-0.15, -0.1) is 0 Å². The summed E-state index contributed by atoms with van der Waals surface area (Å²) in [5, 5.41) is 0. The zero-order chi connectivity index (χ0) is 10.8. The summed E-state index contributed by atoms with van der Waals surface area (Å²) in [6.07, 6.45) is 3.20. The Morgan fingerprint density at radius 1 is 1.00 bits per heavy atom. The maximum absolute atomic E-state index is 13.6. The molecule has 82 valence electrons. The van der Waals surface area contributed by atoms with Gasteiger partial charge in [0.05, 0.1) is 0 Å². The Kier molecular flexibility index (Phi) is 2.89. The lowest BCUT2D eigenvalue weighted by molar-refractivity contribution is 0.530. The lowest BCUT2D eigenvalue weighted by atomic mass is 10.1. The number of hydrogen-bond acceptors (Lipinski definition) is 1. The molecular formula is C12H15F2N. The zero-order valence-electron chi connectivity index (χ0n) is 8.89. The van der Waals surface area contributed by atoms with Crippen molar-refractivity contribution < 1.29 is 8.78 Å². The summed E-state index contributed by atoms with van der Waals surface area (Å²) in [5.74, 6) is -0.871. The predicted octanol–water partition coefficient (Wildman–Crippen LogP) is 3.26. The minimum Gasteiger partial charge on any atom is -0.367 e. The van der Waals surface area contributed by atoms with Gasteiger partial charge in [0, 0.05) is 13.1 Å². The molecule has 0 aliphatic carbocycles. The van der Waals surface area contributed by atoms with Gasteiger partial charge in [0.1, 0.15) is 17.3 Å². The molecule has 1 fully saturated rings. The highest BCUT2D eigenvalue weighted by atomic mass is 19.1. The highest BCUT2D eigenvalue weighted by molar-refractivity contribution is 5.50. The standard InChI is InChI=1S/C12H15F2N/c1-9-7-10(13)12(11(14)8-9)15-5-3-2-4-6-15/h7-8H,2-6H2,1H3. The molecule has 15 heavy (non-hydrogen) atoms. The monoisotopic (exact) mass is 211 g/mol. The first kappa shape index (κ1) is 10.4. The van der Waals surface area contributed by atoms with Crippen LogP contribution in [0.1, 0.15) is 24.8 Å². The maximum atomic E-state index is 13.6. The molecule has 1 aliphatic heterocycles. The molecule has 1 saturated heterocycles. The first-order chi connectivity index (χ1) is 7.18. The van der Waals surface area contributed by atoms with Gasteiger partial charge in [0.25, 0.3) is 0 Å². The van der Waals surface area contributed by atoms with Crippen molar-refractivity contribution in [2.24, 2.45) is 0 Å². The predicted molar refractivity (Wildman–Crippen MR) is 57.2 cm³/mol. The second-order valence-electron chi connectivity index (χ2n) is 4.12. The van der Waals surface area contributed by atoms with E-state index >= 15 is 0 Å². The van der Waals surface area contributed by atoms with Gasteiger partial charge in [0.15, 0.2) is 0 Å². The van der Waals surface area contributed by atoms with Gasteiger partial charge in [-0.1, -0.05) is 0 Å². The number of halogens is 2. The van der Waals surface area contributed by atoms with Crippen LogP contribution in [0.15, 0.2) is 12.1 Å². The van der Waals surface area contributed by atoms with Crippen LogP contribution in [0.25, 0.3) is 0 Å². The molecule has 0 aromatic heterocycles. The minimum absolute atomic E-state index is 0.153. The van der Waals surface area contributed by atoms with Gasteiger partial charge in [-0.3, -0.25) is 0 Å². The second kappa shape index (κ2) is 4.17. The summed E-state index contributed by atoms with van der Waals surface area (Å²) in [7, 11) is 0. The molecule has 1 aromatic rings. The average molecular weight is 211 g/mol. The first-order valence-corrected chi connectivity index (χ1v) is 5.39. The zero-order valence-corrected chi connectivity index (χ0v) is 8.89. The van der Waals surface area contributed by atoms with Crippen molar-refractivity contribution in [2.75, 3.05) is 18.0 Å². The lowest BCUT2D eigenvalue weighted by Crippen LogP contribution is -2.31. The van der Waals surface area contributed by atoms with Crippen LogP contribution in [-0.2, 0) is 0 Å². The molecular weight excluding hydrogens is 196 g/mol. The first-order valence-electron chi connectivity index (χ1n) is 5.39. The summed E-state index contributed by atoms with van der Waals surface area (Å²) < 4.78 is 27.2. The number of hydrogen-bond donors (Lipinski definition) is 0.